The van der Waals surface area contributed by atoms with Gasteiger partial charge in [-0.1, -0.05) is 18.5 Å². The highest BCUT2D eigenvalue weighted by atomic mass is 35.5. The molecule has 1 unspecified atom stereocenters. The van der Waals surface area contributed by atoms with E-state index in [1.54, 1.807) is 37.2 Å². The molecule has 1 N–H and O–H groups in total. The van der Waals surface area contributed by atoms with Gasteiger partial charge in [-0.05, 0) is 24.6 Å². The third kappa shape index (κ3) is 5.51. The topological polar surface area (TPSA) is 71.1 Å². The summed E-state index contributed by atoms with van der Waals surface area (Å²) in [5, 5.41) is 3.45. The maximum Gasteiger partial charge on any atom is 0.317 e. The molecule has 1 aliphatic rings. The van der Waals surface area contributed by atoms with Crippen molar-refractivity contribution in [3.8, 4) is 5.75 Å². The molecule has 7 nitrogen and oxygen atoms in total. The summed E-state index contributed by atoms with van der Waals surface area (Å²) in [7, 11) is 3.34. The summed E-state index contributed by atoms with van der Waals surface area (Å²) < 4.78 is 11.2. The minimum Gasteiger partial charge on any atom is -0.493 e. The smallest absolute Gasteiger partial charge is 0.317 e. The molecule has 3 amide bonds. The fourth-order valence-electron chi connectivity index (χ4n) is 2.59. The molecule has 0 saturated carbocycles. The van der Waals surface area contributed by atoms with Crippen LogP contribution in [0.25, 0.3) is 0 Å². The zero-order valence-electron chi connectivity index (χ0n) is 15.5. The van der Waals surface area contributed by atoms with Crippen molar-refractivity contribution in [2.24, 2.45) is 0 Å². The zero-order chi connectivity index (χ0) is 19.1. The third-order valence-electron chi connectivity index (χ3n) is 3.98. The van der Waals surface area contributed by atoms with E-state index in [4.69, 9.17) is 21.1 Å². The van der Waals surface area contributed by atoms with Crippen molar-refractivity contribution in [2.45, 2.75) is 26.0 Å². The van der Waals surface area contributed by atoms with Gasteiger partial charge in [0.2, 0.25) is 0 Å². The summed E-state index contributed by atoms with van der Waals surface area (Å²) in [4.78, 5) is 27.6. The maximum absolute atomic E-state index is 12.5. The van der Waals surface area contributed by atoms with Crippen LogP contribution in [0.2, 0.25) is 5.02 Å². The van der Waals surface area contributed by atoms with E-state index in [0.29, 0.717) is 37.1 Å². The standard InChI is InChI=1S/C18H26ClN3O4/c1-4-8-25-15-6-5-14(19)10-13(15)11-20-18(24)22-7-9-26-16(12-22)17(23)21(2)3/h5-6,10,16H,4,7-9,11-12H2,1-3H3,(H,20,24). The summed E-state index contributed by atoms with van der Waals surface area (Å²) in [6.45, 7) is 3.93. The van der Waals surface area contributed by atoms with Crippen LogP contribution >= 0.6 is 11.6 Å². The number of carbonyl (C=O) groups excluding carboxylic acids is 2. The number of amides is 3. The Hall–Kier alpha value is -1.99. The average molecular weight is 384 g/mol. The van der Waals surface area contributed by atoms with Crippen LogP contribution in [0, 0.1) is 0 Å². The van der Waals surface area contributed by atoms with Crippen LogP contribution < -0.4 is 10.1 Å². The molecule has 1 atom stereocenters. The monoisotopic (exact) mass is 383 g/mol. The summed E-state index contributed by atoms with van der Waals surface area (Å²) in [6.07, 6.45) is 0.267. The Balaban J connectivity index is 1.96. The predicted molar refractivity (Wildman–Crippen MR) is 99.5 cm³/mol. The molecule has 2 rings (SSSR count). The van der Waals surface area contributed by atoms with Crippen LogP contribution in [-0.2, 0) is 16.1 Å². The van der Waals surface area contributed by atoms with Crippen molar-refractivity contribution < 1.29 is 19.1 Å². The van der Waals surface area contributed by atoms with Gasteiger partial charge in [0.1, 0.15) is 5.75 Å². The molecule has 1 aliphatic heterocycles. The molecule has 1 aromatic rings. The predicted octanol–water partition coefficient (Wildman–Crippen LogP) is 2.13. The molecule has 1 heterocycles. The lowest BCUT2D eigenvalue weighted by molar-refractivity contribution is -0.145. The highest BCUT2D eigenvalue weighted by Gasteiger charge is 2.30. The summed E-state index contributed by atoms with van der Waals surface area (Å²) in [5.74, 6) is 0.562. The van der Waals surface area contributed by atoms with Gasteiger partial charge in [-0.2, -0.15) is 0 Å². The molecular formula is C18H26ClN3O4. The number of nitrogens with one attached hydrogen (secondary N) is 1. The van der Waals surface area contributed by atoms with Gasteiger partial charge in [0, 0.05) is 37.8 Å². The van der Waals surface area contributed by atoms with Gasteiger partial charge in [-0.25, -0.2) is 4.79 Å². The van der Waals surface area contributed by atoms with Crippen molar-refractivity contribution in [1.82, 2.24) is 15.1 Å². The first-order chi connectivity index (χ1) is 12.4. The number of urea groups is 1. The number of carbonyl (C=O) groups is 2. The van der Waals surface area contributed by atoms with Crippen LogP contribution in [0.5, 0.6) is 5.75 Å². The number of ether oxygens (including phenoxy) is 2. The molecule has 0 aliphatic carbocycles. The Morgan fingerprint density at radius 1 is 1.42 bits per heavy atom. The third-order valence-corrected chi connectivity index (χ3v) is 4.22. The minimum atomic E-state index is -0.626. The van der Waals surface area contributed by atoms with E-state index in [1.807, 2.05) is 6.92 Å². The van der Waals surface area contributed by atoms with E-state index in [0.717, 1.165) is 12.0 Å². The highest BCUT2D eigenvalue weighted by molar-refractivity contribution is 6.30. The molecule has 0 spiro atoms. The van der Waals surface area contributed by atoms with Gasteiger partial charge < -0.3 is 24.6 Å². The largest absolute Gasteiger partial charge is 0.493 e. The molecule has 1 aromatic carbocycles. The van der Waals surface area contributed by atoms with Crippen molar-refractivity contribution in [1.29, 1.82) is 0 Å². The van der Waals surface area contributed by atoms with Gasteiger partial charge >= 0.3 is 6.03 Å². The Morgan fingerprint density at radius 2 is 2.19 bits per heavy atom. The van der Waals surface area contributed by atoms with Crippen LogP contribution in [-0.4, -0.2) is 68.2 Å². The molecule has 0 aromatic heterocycles. The number of benzene rings is 1. The SMILES string of the molecule is CCCOc1ccc(Cl)cc1CNC(=O)N1CCOC(C(=O)N(C)C)C1. The minimum absolute atomic E-state index is 0.146. The number of rotatable bonds is 6. The lowest BCUT2D eigenvalue weighted by atomic mass is 10.2. The number of morpholine rings is 1. The molecular weight excluding hydrogens is 358 g/mol. The fraction of sp³-hybridized carbons (Fsp3) is 0.556. The van der Waals surface area contributed by atoms with Gasteiger partial charge in [-0.15, -0.1) is 0 Å². The van der Waals surface area contributed by atoms with Crippen molar-refractivity contribution in [3.63, 3.8) is 0 Å². The van der Waals surface area contributed by atoms with E-state index >= 15 is 0 Å². The Kier molecular flexibility index (Phi) is 7.53. The first-order valence-electron chi connectivity index (χ1n) is 8.69. The normalized spacial score (nSPS) is 16.9. The maximum atomic E-state index is 12.5. The first-order valence-corrected chi connectivity index (χ1v) is 9.07. The molecule has 0 bridgehead atoms. The average Bonchev–Trinajstić information content (AvgIpc) is 2.64. The lowest BCUT2D eigenvalue weighted by Crippen LogP contribution is -2.53. The van der Waals surface area contributed by atoms with Crippen LogP contribution in [0.4, 0.5) is 4.79 Å². The van der Waals surface area contributed by atoms with E-state index in [2.05, 4.69) is 5.32 Å². The number of hydrogen-bond acceptors (Lipinski definition) is 4. The Morgan fingerprint density at radius 3 is 2.88 bits per heavy atom. The second kappa shape index (κ2) is 9.64. The first kappa shape index (κ1) is 20.3. The Bertz CT molecular complexity index is 639. The number of halogens is 1. The molecule has 1 saturated heterocycles. The van der Waals surface area contributed by atoms with Gasteiger partial charge in [0.15, 0.2) is 6.10 Å². The summed E-state index contributed by atoms with van der Waals surface area (Å²) >= 11 is 6.06. The number of nitrogens with zero attached hydrogens (tertiary/aromatic N) is 2. The molecule has 144 valence electrons. The van der Waals surface area contributed by atoms with Crippen LogP contribution in [0.15, 0.2) is 18.2 Å². The van der Waals surface area contributed by atoms with E-state index in [1.165, 1.54) is 4.90 Å². The Labute approximate surface area is 159 Å². The van der Waals surface area contributed by atoms with Crippen LogP contribution in [0.1, 0.15) is 18.9 Å². The second-order valence-electron chi connectivity index (χ2n) is 6.30. The van der Waals surface area contributed by atoms with Crippen molar-refractivity contribution in [2.75, 3.05) is 40.4 Å². The van der Waals surface area contributed by atoms with Gasteiger partial charge in [-0.3, -0.25) is 4.79 Å². The van der Waals surface area contributed by atoms with Crippen LogP contribution in [0.3, 0.4) is 0 Å². The molecule has 0 radical (unpaired) electrons. The highest BCUT2D eigenvalue weighted by Crippen LogP contribution is 2.23. The quantitative estimate of drug-likeness (QED) is 0.816. The number of hydrogen-bond donors (Lipinski definition) is 1. The second-order valence-corrected chi connectivity index (χ2v) is 6.73. The van der Waals surface area contributed by atoms with Crippen molar-refractivity contribution >= 4 is 23.5 Å². The molecule has 8 heteroatoms. The molecule has 26 heavy (non-hydrogen) atoms. The molecule has 1 fully saturated rings. The van der Waals surface area contributed by atoms with Crippen molar-refractivity contribution in [3.05, 3.63) is 28.8 Å². The summed E-state index contributed by atoms with van der Waals surface area (Å²) in [5.41, 5.74) is 0.813. The van der Waals surface area contributed by atoms with E-state index < -0.39 is 6.10 Å². The van der Waals surface area contributed by atoms with Gasteiger partial charge in [0.05, 0.1) is 19.8 Å². The zero-order valence-corrected chi connectivity index (χ0v) is 16.2. The van der Waals surface area contributed by atoms with E-state index in [-0.39, 0.29) is 18.5 Å². The lowest BCUT2D eigenvalue weighted by Gasteiger charge is -2.33. The fourth-order valence-corrected chi connectivity index (χ4v) is 2.79. The summed E-state index contributed by atoms with van der Waals surface area (Å²) in [6, 6.07) is 5.10. The van der Waals surface area contributed by atoms with Gasteiger partial charge in [0.25, 0.3) is 5.91 Å². The number of likely N-dealkylation sites (N-methyl/N-ethyl adjacent to an activating group) is 1. The van der Waals surface area contributed by atoms with E-state index in [9.17, 15) is 9.59 Å².